The predicted molar refractivity (Wildman–Crippen MR) is 93.2 cm³/mol. The molecule has 3 rings (SSSR count). The lowest BCUT2D eigenvalue weighted by atomic mass is 10.0. The molecule has 1 fully saturated rings. The van der Waals surface area contributed by atoms with Crippen molar-refractivity contribution >= 4 is 5.91 Å². The first kappa shape index (κ1) is 17.4. The first-order valence-electron chi connectivity index (χ1n) is 8.65. The van der Waals surface area contributed by atoms with Crippen LogP contribution in [0.4, 0.5) is 0 Å². The summed E-state index contributed by atoms with van der Waals surface area (Å²) in [4.78, 5) is 20.8. The zero-order valence-electron chi connectivity index (χ0n) is 14.2. The second-order valence-electron chi connectivity index (χ2n) is 6.01. The van der Waals surface area contributed by atoms with Crippen LogP contribution in [0.3, 0.4) is 0 Å². The number of hydrogen-bond acceptors (Lipinski definition) is 5. The molecule has 0 spiro atoms. The van der Waals surface area contributed by atoms with Crippen molar-refractivity contribution in [3.8, 4) is 5.75 Å². The Hall–Kier alpha value is -2.47. The number of amides is 1. The van der Waals surface area contributed by atoms with Gasteiger partial charge in [0.05, 0.1) is 31.9 Å². The van der Waals surface area contributed by atoms with Gasteiger partial charge in [0.1, 0.15) is 11.6 Å². The highest BCUT2D eigenvalue weighted by molar-refractivity contribution is 5.75. The maximum Gasteiger partial charge on any atom is 0.223 e. The third-order valence-corrected chi connectivity index (χ3v) is 4.07. The van der Waals surface area contributed by atoms with E-state index in [0.717, 1.165) is 36.7 Å². The van der Waals surface area contributed by atoms with Gasteiger partial charge in [-0.05, 0) is 31.0 Å². The van der Waals surface area contributed by atoms with Crippen molar-refractivity contribution in [3.05, 3.63) is 54.1 Å². The molecule has 1 aromatic heterocycles. The number of para-hydroxylation sites is 1. The molecule has 0 bridgehead atoms. The molecule has 1 unspecified atom stereocenters. The Morgan fingerprint density at radius 1 is 1.28 bits per heavy atom. The summed E-state index contributed by atoms with van der Waals surface area (Å²) in [5.41, 5.74) is 0.813. The van der Waals surface area contributed by atoms with Crippen LogP contribution in [0.25, 0.3) is 0 Å². The topological polar surface area (TPSA) is 73.3 Å². The largest absolute Gasteiger partial charge is 0.493 e. The Bertz CT molecular complexity index is 673. The molecule has 132 valence electrons. The molecule has 25 heavy (non-hydrogen) atoms. The van der Waals surface area contributed by atoms with E-state index in [1.165, 1.54) is 0 Å². The predicted octanol–water partition coefficient (Wildman–Crippen LogP) is 2.46. The summed E-state index contributed by atoms with van der Waals surface area (Å²) in [7, 11) is 0. The molecule has 6 heteroatoms. The number of benzene rings is 1. The molecule has 1 aliphatic heterocycles. The van der Waals surface area contributed by atoms with Crippen LogP contribution in [-0.4, -0.2) is 35.7 Å². The van der Waals surface area contributed by atoms with Crippen LogP contribution in [0.5, 0.6) is 5.75 Å². The number of carbonyl (C=O) groups is 1. The molecule has 2 aromatic rings. The Morgan fingerprint density at radius 2 is 2.16 bits per heavy atom. The third-order valence-electron chi connectivity index (χ3n) is 4.07. The van der Waals surface area contributed by atoms with E-state index in [1.807, 2.05) is 36.4 Å². The molecule has 1 saturated heterocycles. The van der Waals surface area contributed by atoms with Crippen LogP contribution >= 0.6 is 0 Å². The Kier molecular flexibility index (Phi) is 6.34. The minimum Gasteiger partial charge on any atom is -0.493 e. The molecule has 1 aliphatic rings. The fraction of sp³-hybridized carbons (Fsp3) is 0.421. The maximum absolute atomic E-state index is 11.9. The summed E-state index contributed by atoms with van der Waals surface area (Å²) in [5.74, 6) is 1.77. The lowest BCUT2D eigenvalue weighted by Gasteiger charge is -2.20. The van der Waals surface area contributed by atoms with E-state index in [2.05, 4.69) is 15.3 Å². The van der Waals surface area contributed by atoms with E-state index in [0.29, 0.717) is 26.2 Å². The smallest absolute Gasteiger partial charge is 0.223 e. The first-order valence-corrected chi connectivity index (χ1v) is 8.65. The highest BCUT2D eigenvalue weighted by atomic mass is 16.5. The van der Waals surface area contributed by atoms with Gasteiger partial charge < -0.3 is 14.8 Å². The van der Waals surface area contributed by atoms with Gasteiger partial charge in [-0.3, -0.25) is 4.79 Å². The van der Waals surface area contributed by atoms with E-state index in [4.69, 9.17) is 9.47 Å². The number of rotatable bonds is 7. The molecule has 0 aliphatic carbocycles. The molecular formula is C19H23N3O3. The van der Waals surface area contributed by atoms with E-state index in [-0.39, 0.29) is 11.8 Å². The van der Waals surface area contributed by atoms with Gasteiger partial charge in [0.15, 0.2) is 0 Å². The summed E-state index contributed by atoms with van der Waals surface area (Å²) in [6, 6.07) is 11.3. The highest BCUT2D eigenvalue weighted by Crippen LogP contribution is 2.22. The van der Waals surface area contributed by atoms with Crippen molar-refractivity contribution in [1.82, 2.24) is 15.3 Å². The van der Waals surface area contributed by atoms with Gasteiger partial charge >= 0.3 is 0 Å². The van der Waals surface area contributed by atoms with Gasteiger partial charge in [-0.2, -0.15) is 0 Å². The summed E-state index contributed by atoms with van der Waals surface area (Å²) < 4.78 is 11.0. The minimum atomic E-state index is -0.0582. The first-order chi connectivity index (χ1) is 12.3. The second-order valence-corrected chi connectivity index (χ2v) is 6.01. The highest BCUT2D eigenvalue weighted by Gasteiger charge is 2.18. The molecule has 6 nitrogen and oxygen atoms in total. The number of carbonyl (C=O) groups excluding carboxylic acids is 1. The van der Waals surface area contributed by atoms with Gasteiger partial charge in [0.2, 0.25) is 5.91 Å². The van der Waals surface area contributed by atoms with Crippen molar-refractivity contribution < 1.29 is 14.3 Å². The van der Waals surface area contributed by atoms with E-state index in [1.54, 1.807) is 6.20 Å². The van der Waals surface area contributed by atoms with E-state index >= 15 is 0 Å². The quantitative estimate of drug-likeness (QED) is 0.837. The lowest BCUT2D eigenvalue weighted by molar-refractivity contribution is -0.121. The van der Waals surface area contributed by atoms with Crippen molar-refractivity contribution in [2.75, 3.05) is 19.8 Å². The SMILES string of the molecule is O=C(CCOc1ccccc1)NCc1ccnc(C2CCCOC2)n1. The molecule has 1 amide bonds. The van der Waals surface area contributed by atoms with Gasteiger partial charge in [-0.1, -0.05) is 18.2 Å². The second kappa shape index (κ2) is 9.13. The number of aromatic nitrogens is 2. The lowest BCUT2D eigenvalue weighted by Crippen LogP contribution is -2.25. The average molecular weight is 341 g/mol. The molecule has 0 saturated carbocycles. The van der Waals surface area contributed by atoms with Crippen molar-refractivity contribution in [2.24, 2.45) is 0 Å². The van der Waals surface area contributed by atoms with Crippen molar-refractivity contribution in [1.29, 1.82) is 0 Å². The van der Waals surface area contributed by atoms with Gasteiger partial charge in [0.25, 0.3) is 0 Å². The van der Waals surface area contributed by atoms with Crippen molar-refractivity contribution in [3.63, 3.8) is 0 Å². The van der Waals surface area contributed by atoms with Gasteiger partial charge in [-0.15, -0.1) is 0 Å². The maximum atomic E-state index is 11.9. The number of nitrogens with zero attached hydrogens (tertiary/aromatic N) is 2. The Morgan fingerprint density at radius 3 is 2.96 bits per heavy atom. The molecular weight excluding hydrogens is 318 g/mol. The Labute approximate surface area is 147 Å². The number of ether oxygens (including phenoxy) is 2. The zero-order chi connectivity index (χ0) is 17.3. The summed E-state index contributed by atoms with van der Waals surface area (Å²) in [5, 5.41) is 2.87. The van der Waals surface area contributed by atoms with Crippen molar-refractivity contribution in [2.45, 2.75) is 31.7 Å². The molecule has 1 N–H and O–H groups in total. The number of hydrogen-bond donors (Lipinski definition) is 1. The summed E-state index contributed by atoms with van der Waals surface area (Å²) in [6.07, 6.45) is 4.14. The molecule has 2 heterocycles. The van der Waals surface area contributed by atoms with E-state index in [9.17, 15) is 4.79 Å². The Balaban J connectivity index is 1.42. The van der Waals surface area contributed by atoms with Gasteiger partial charge in [0, 0.05) is 18.7 Å². The minimum absolute atomic E-state index is 0.0582. The normalized spacial score (nSPS) is 17.0. The molecule has 1 atom stereocenters. The van der Waals surface area contributed by atoms with Crippen LogP contribution in [-0.2, 0) is 16.1 Å². The number of nitrogens with one attached hydrogen (secondary N) is 1. The fourth-order valence-corrected chi connectivity index (χ4v) is 2.71. The zero-order valence-corrected chi connectivity index (χ0v) is 14.2. The molecule has 0 radical (unpaired) electrons. The monoisotopic (exact) mass is 341 g/mol. The van der Waals surface area contributed by atoms with Crippen LogP contribution in [0.1, 0.15) is 36.7 Å². The van der Waals surface area contributed by atoms with Gasteiger partial charge in [-0.25, -0.2) is 9.97 Å². The van der Waals surface area contributed by atoms with Crippen LogP contribution < -0.4 is 10.1 Å². The summed E-state index contributed by atoms with van der Waals surface area (Å²) in [6.45, 7) is 2.24. The molecule has 1 aromatic carbocycles. The average Bonchev–Trinajstić information content (AvgIpc) is 2.68. The van der Waals surface area contributed by atoms with Crippen LogP contribution in [0, 0.1) is 0 Å². The third kappa shape index (κ3) is 5.53. The van der Waals surface area contributed by atoms with Crippen LogP contribution in [0.2, 0.25) is 0 Å². The standard InChI is InChI=1S/C19H23N3O3/c23-18(9-12-25-17-6-2-1-3-7-17)21-13-16-8-10-20-19(22-16)15-5-4-11-24-14-15/h1-3,6-8,10,15H,4-5,9,11-14H2,(H,21,23). The fourth-order valence-electron chi connectivity index (χ4n) is 2.71. The summed E-state index contributed by atoms with van der Waals surface area (Å²) >= 11 is 0. The van der Waals surface area contributed by atoms with E-state index < -0.39 is 0 Å². The van der Waals surface area contributed by atoms with Crippen LogP contribution in [0.15, 0.2) is 42.6 Å².